The van der Waals surface area contributed by atoms with Gasteiger partial charge in [0.05, 0.1) is 0 Å². The molecule has 1 N–H and O–H groups in total. The number of hydrogen-bond acceptors (Lipinski definition) is 1. The average molecular weight is 161 g/mol. The molecule has 2 heterocycles. The third-order valence-corrected chi connectivity index (χ3v) is 2.77. The van der Waals surface area contributed by atoms with Crippen molar-refractivity contribution in [1.82, 2.24) is 5.32 Å². The summed E-state index contributed by atoms with van der Waals surface area (Å²) in [5.41, 5.74) is 1.55. The summed E-state index contributed by atoms with van der Waals surface area (Å²) in [5.74, 6) is 5.97. The third-order valence-electron chi connectivity index (χ3n) is 2.77. The van der Waals surface area contributed by atoms with Gasteiger partial charge in [-0.1, -0.05) is 11.5 Å². The maximum Gasteiger partial charge on any atom is 0.0108 e. The van der Waals surface area contributed by atoms with Gasteiger partial charge in [0.15, 0.2) is 0 Å². The molecule has 0 amide bonds. The van der Waals surface area contributed by atoms with Crippen molar-refractivity contribution in [3.8, 4) is 11.8 Å². The normalized spacial score (nSPS) is 32.6. The minimum absolute atomic E-state index is 0.758. The highest BCUT2D eigenvalue weighted by atomic mass is 15.0. The Morgan fingerprint density at radius 3 is 2.58 bits per heavy atom. The number of hydrogen-bond donors (Lipinski definition) is 1. The fourth-order valence-electron chi connectivity index (χ4n) is 2.23. The van der Waals surface area contributed by atoms with Crippen LogP contribution in [0.3, 0.4) is 0 Å². The second-order valence-corrected chi connectivity index (χ2v) is 3.74. The lowest BCUT2D eigenvalue weighted by molar-refractivity contribution is 0.474. The second-order valence-electron chi connectivity index (χ2n) is 3.74. The van der Waals surface area contributed by atoms with E-state index in [1.165, 1.54) is 25.7 Å². The summed E-state index contributed by atoms with van der Waals surface area (Å²) >= 11 is 0. The zero-order valence-electron chi connectivity index (χ0n) is 7.56. The van der Waals surface area contributed by atoms with E-state index in [9.17, 15) is 0 Å². The molecule has 0 spiro atoms. The van der Waals surface area contributed by atoms with E-state index in [1.807, 2.05) is 6.92 Å². The Hall–Kier alpha value is -0.740. The van der Waals surface area contributed by atoms with Gasteiger partial charge in [-0.3, -0.25) is 0 Å². The van der Waals surface area contributed by atoms with E-state index in [1.54, 1.807) is 5.57 Å². The molecular weight excluding hydrogens is 146 g/mol. The third kappa shape index (κ3) is 1.54. The van der Waals surface area contributed by atoms with Gasteiger partial charge in [-0.25, -0.2) is 0 Å². The van der Waals surface area contributed by atoms with Crippen LogP contribution in [0.2, 0.25) is 0 Å². The molecule has 0 radical (unpaired) electrons. The zero-order valence-corrected chi connectivity index (χ0v) is 7.56. The molecule has 64 valence electrons. The topological polar surface area (TPSA) is 12.0 Å². The highest BCUT2D eigenvalue weighted by molar-refractivity contribution is 5.24. The van der Waals surface area contributed by atoms with Gasteiger partial charge in [0.25, 0.3) is 0 Å². The highest BCUT2D eigenvalue weighted by Gasteiger charge is 2.29. The van der Waals surface area contributed by atoms with Crippen LogP contribution in [0.1, 0.15) is 32.6 Å². The van der Waals surface area contributed by atoms with Gasteiger partial charge in [-0.15, -0.1) is 5.92 Å². The summed E-state index contributed by atoms with van der Waals surface area (Å²) in [5, 5.41) is 3.61. The van der Waals surface area contributed by atoms with Crippen molar-refractivity contribution in [3.05, 3.63) is 11.6 Å². The molecule has 0 aromatic rings. The molecule has 2 saturated heterocycles. The highest BCUT2D eigenvalue weighted by Crippen LogP contribution is 2.29. The number of rotatable bonds is 0. The van der Waals surface area contributed by atoms with Crippen molar-refractivity contribution in [2.24, 2.45) is 0 Å². The maximum atomic E-state index is 3.61. The number of nitrogens with one attached hydrogen (secondary N) is 1. The molecule has 2 fully saturated rings. The lowest BCUT2D eigenvalue weighted by Gasteiger charge is -2.22. The molecule has 0 aromatic heterocycles. The lowest BCUT2D eigenvalue weighted by atomic mass is 9.99. The van der Waals surface area contributed by atoms with E-state index >= 15 is 0 Å². The quantitative estimate of drug-likeness (QED) is 0.535. The summed E-state index contributed by atoms with van der Waals surface area (Å²) in [6, 6.07) is 1.52. The van der Waals surface area contributed by atoms with Crippen LogP contribution in [0.25, 0.3) is 0 Å². The number of allylic oxidation sites excluding steroid dienone is 1. The molecule has 2 aliphatic heterocycles. The first-order valence-electron chi connectivity index (χ1n) is 4.74. The molecule has 2 bridgehead atoms. The van der Waals surface area contributed by atoms with Gasteiger partial charge in [-0.2, -0.15) is 0 Å². The Bertz CT molecular complexity index is 240. The van der Waals surface area contributed by atoms with Crippen LogP contribution in [0.15, 0.2) is 11.6 Å². The van der Waals surface area contributed by atoms with Crippen molar-refractivity contribution < 1.29 is 0 Å². The largest absolute Gasteiger partial charge is 0.311 e. The Labute approximate surface area is 74.2 Å². The Morgan fingerprint density at radius 1 is 1.33 bits per heavy atom. The summed E-state index contributed by atoms with van der Waals surface area (Å²) < 4.78 is 0. The second kappa shape index (κ2) is 3.33. The first-order chi connectivity index (χ1) is 5.88. The van der Waals surface area contributed by atoms with Gasteiger partial charge < -0.3 is 5.32 Å². The van der Waals surface area contributed by atoms with Gasteiger partial charge in [-0.05, 0) is 38.7 Å². The average Bonchev–Trinajstić information content (AvgIpc) is 2.42. The van der Waals surface area contributed by atoms with Gasteiger partial charge in [0.1, 0.15) is 0 Å². The SMILES string of the molecule is CC#CC=C1CC2CCC(C1)N2. The molecule has 12 heavy (non-hydrogen) atoms. The molecule has 2 atom stereocenters. The predicted molar refractivity (Wildman–Crippen MR) is 50.7 cm³/mol. The van der Waals surface area contributed by atoms with Crippen LogP contribution in [-0.2, 0) is 0 Å². The Morgan fingerprint density at radius 2 is 2.00 bits per heavy atom. The van der Waals surface area contributed by atoms with Crippen LogP contribution < -0.4 is 5.32 Å². The van der Waals surface area contributed by atoms with Crippen LogP contribution >= 0.6 is 0 Å². The van der Waals surface area contributed by atoms with Crippen molar-refractivity contribution in [2.75, 3.05) is 0 Å². The number of fused-ring (bicyclic) bond motifs is 2. The van der Waals surface area contributed by atoms with Gasteiger partial charge in [0, 0.05) is 12.1 Å². The molecular formula is C11H15N. The van der Waals surface area contributed by atoms with Crippen LogP contribution in [-0.4, -0.2) is 12.1 Å². The van der Waals surface area contributed by atoms with E-state index in [0.717, 1.165) is 12.1 Å². The van der Waals surface area contributed by atoms with E-state index < -0.39 is 0 Å². The standard InChI is InChI=1S/C11H15N/c1-2-3-4-9-7-10-5-6-11(8-9)12-10/h4,10-12H,5-8H2,1H3. The van der Waals surface area contributed by atoms with E-state index in [2.05, 4.69) is 23.2 Å². The van der Waals surface area contributed by atoms with Crippen molar-refractivity contribution in [3.63, 3.8) is 0 Å². The number of piperidine rings is 1. The first-order valence-corrected chi connectivity index (χ1v) is 4.74. The maximum absolute atomic E-state index is 3.61. The minimum Gasteiger partial charge on any atom is -0.311 e. The smallest absolute Gasteiger partial charge is 0.0108 e. The van der Waals surface area contributed by atoms with Crippen molar-refractivity contribution >= 4 is 0 Å². The molecule has 0 aromatic carbocycles. The Kier molecular flexibility index (Phi) is 2.19. The molecule has 2 aliphatic rings. The summed E-state index contributed by atoms with van der Waals surface area (Å²) in [4.78, 5) is 0. The predicted octanol–water partition coefficient (Wildman–Crippen LogP) is 1.85. The fraction of sp³-hybridized carbons (Fsp3) is 0.636. The van der Waals surface area contributed by atoms with Gasteiger partial charge >= 0.3 is 0 Å². The molecule has 1 heteroatoms. The lowest BCUT2D eigenvalue weighted by Crippen LogP contribution is -2.34. The van der Waals surface area contributed by atoms with Crippen LogP contribution in [0, 0.1) is 11.8 Å². The summed E-state index contributed by atoms with van der Waals surface area (Å²) in [7, 11) is 0. The van der Waals surface area contributed by atoms with Crippen molar-refractivity contribution in [2.45, 2.75) is 44.7 Å². The molecule has 0 aliphatic carbocycles. The molecule has 2 rings (SSSR count). The van der Waals surface area contributed by atoms with Crippen LogP contribution in [0.4, 0.5) is 0 Å². The van der Waals surface area contributed by atoms with E-state index in [0.29, 0.717) is 0 Å². The summed E-state index contributed by atoms with van der Waals surface area (Å²) in [6.07, 6.45) is 7.30. The fourth-order valence-corrected chi connectivity index (χ4v) is 2.23. The summed E-state index contributed by atoms with van der Waals surface area (Å²) in [6.45, 7) is 1.90. The first kappa shape index (κ1) is 7.89. The molecule has 1 nitrogen and oxygen atoms in total. The minimum atomic E-state index is 0.758. The van der Waals surface area contributed by atoms with E-state index in [-0.39, 0.29) is 0 Å². The molecule has 0 saturated carbocycles. The van der Waals surface area contributed by atoms with Gasteiger partial charge in [0.2, 0.25) is 0 Å². The molecule has 2 unspecified atom stereocenters. The van der Waals surface area contributed by atoms with E-state index in [4.69, 9.17) is 0 Å². The Balaban J connectivity index is 2.05. The monoisotopic (exact) mass is 161 g/mol. The zero-order chi connectivity index (χ0) is 8.39. The van der Waals surface area contributed by atoms with Crippen LogP contribution in [0.5, 0.6) is 0 Å². The van der Waals surface area contributed by atoms with Crippen molar-refractivity contribution in [1.29, 1.82) is 0 Å².